The van der Waals surface area contributed by atoms with E-state index < -0.39 is 9.84 Å². The van der Waals surface area contributed by atoms with E-state index in [-0.39, 0.29) is 28.0 Å². The van der Waals surface area contributed by atoms with E-state index in [1.165, 1.54) is 23.0 Å². The predicted molar refractivity (Wildman–Crippen MR) is 87.4 cm³/mol. The van der Waals surface area contributed by atoms with E-state index in [1.807, 2.05) is 0 Å². The number of nitrogens with zero attached hydrogens (tertiary/aromatic N) is 2. The number of nitrogens with one attached hydrogen (secondary N) is 1. The van der Waals surface area contributed by atoms with Crippen LogP contribution in [0, 0.1) is 5.41 Å². The zero-order valence-corrected chi connectivity index (χ0v) is 13.8. The summed E-state index contributed by atoms with van der Waals surface area (Å²) in [7, 11) is -3.05. The van der Waals surface area contributed by atoms with Gasteiger partial charge in [-0.1, -0.05) is 41.0 Å². The van der Waals surface area contributed by atoms with E-state index in [0.29, 0.717) is 15.6 Å². The number of halogens is 2. The Bertz CT molecular complexity index is 716. The maximum absolute atomic E-state index is 11.7. The standard InChI is InChI=1S/C12H11Cl2N3O2S2/c13-8-2-1-3-9(14)7(8)4-16-17-10-5-21(18,19)6-11(10)20-12(17)15/h1-4,10-11,15H,5-6H2/b15-12?,16-4+. The SMILES string of the molecule is N=C1SC2CS(=O)(=O)CC2N1/N=C/c1c(Cl)cccc1Cl. The third-order valence-corrected chi connectivity index (χ3v) is 7.15. The molecule has 2 aliphatic rings. The molecule has 0 aliphatic carbocycles. The molecule has 2 saturated heterocycles. The molecule has 2 fully saturated rings. The number of hydrogen-bond donors (Lipinski definition) is 1. The molecule has 1 N–H and O–H groups in total. The van der Waals surface area contributed by atoms with Crippen LogP contribution in [0.3, 0.4) is 0 Å². The Labute approximate surface area is 136 Å². The Morgan fingerprint density at radius 3 is 2.67 bits per heavy atom. The molecule has 0 bridgehead atoms. The molecule has 1 aromatic carbocycles. The number of sulfone groups is 1. The Balaban J connectivity index is 1.87. The summed E-state index contributed by atoms with van der Waals surface area (Å²) in [5, 5.41) is 14.6. The zero-order valence-electron chi connectivity index (χ0n) is 10.7. The maximum Gasteiger partial charge on any atom is 0.177 e. The molecule has 2 atom stereocenters. The van der Waals surface area contributed by atoms with Crippen molar-refractivity contribution in [2.24, 2.45) is 5.10 Å². The van der Waals surface area contributed by atoms with Gasteiger partial charge in [-0.05, 0) is 12.1 Å². The van der Waals surface area contributed by atoms with Crippen molar-refractivity contribution in [3.05, 3.63) is 33.8 Å². The fourth-order valence-electron chi connectivity index (χ4n) is 2.38. The van der Waals surface area contributed by atoms with Crippen LogP contribution >= 0.6 is 35.0 Å². The Kier molecular flexibility index (Phi) is 3.94. The van der Waals surface area contributed by atoms with Gasteiger partial charge in [0.1, 0.15) is 0 Å². The van der Waals surface area contributed by atoms with Gasteiger partial charge in [-0.15, -0.1) is 0 Å². The molecule has 2 heterocycles. The van der Waals surface area contributed by atoms with Crippen molar-refractivity contribution in [2.75, 3.05) is 11.5 Å². The normalized spacial score (nSPS) is 27.5. The van der Waals surface area contributed by atoms with Gasteiger partial charge in [0.25, 0.3) is 0 Å². The second-order valence-electron chi connectivity index (χ2n) is 4.83. The molecule has 0 amide bonds. The molecule has 9 heteroatoms. The second kappa shape index (κ2) is 5.46. The Morgan fingerprint density at radius 2 is 2.00 bits per heavy atom. The number of thioether (sulfide) groups is 1. The van der Waals surface area contributed by atoms with E-state index in [9.17, 15) is 8.42 Å². The van der Waals surface area contributed by atoms with Crippen LogP contribution in [-0.2, 0) is 9.84 Å². The first-order valence-corrected chi connectivity index (χ1v) is 9.56. The molecule has 0 radical (unpaired) electrons. The molecule has 1 aromatic rings. The Morgan fingerprint density at radius 1 is 1.33 bits per heavy atom. The van der Waals surface area contributed by atoms with E-state index in [4.69, 9.17) is 28.6 Å². The lowest BCUT2D eigenvalue weighted by molar-refractivity contribution is 0.376. The first kappa shape index (κ1) is 15.1. The summed E-state index contributed by atoms with van der Waals surface area (Å²) in [6.07, 6.45) is 1.48. The van der Waals surface area contributed by atoms with Crippen molar-refractivity contribution in [1.82, 2.24) is 5.01 Å². The summed E-state index contributed by atoms with van der Waals surface area (Å²) in [5.74, 6) is 0.129. The molecular weight excluding hydrogens is 353 g/mol. The van der Waals surface area contributed by atoms with Gasteiger partial charge in [0.05, 0.1) is 33.8 Å². The van der Waals surface area contributed by atoms with Crippen molar-refractivity contribution in [2.45, 2.75) is 11.3 Å². The van der Waals surface area contributed by atoms with Gasteiger partial charge in [0.15, 0.2) is 15.0 Å². The molecule has 0 saturated carbocycles. The largest absolute Gasteiger partial charge is 0.277 e. The van der Waals surface area contributed by atoms with Crippen molar-refractivity contribution in [1.29, 1.82) is 5.41 Å². The molecule has 2 aliphatic heterocycles. The third-order valence-electron chi connectivity index (χ3n) is 3.37. The lowest BCUT2D eigenvalue weighted by Crippen LogP contribution is -2.32. The molecule has 21 heavy (non-hydrogen) atoms. The fourth-order valence-corrected chi connectivity index (χ4v) is 6.59. The summed E-state index contributed by atoms with van der Waals surface area (Å²) in [4.78, 5) is 0. The summed E-state index contributed by atoms with van der Waals surface area (Å²) in [5.41, 5.74) is 0.558. The summed E-state index contributed by atoms with van der Waals surface area (Å²) < 4.78 is 23.3. The van der Waals surface area contributed by atoms with Crippen LogP contribution in [0.15, 0.2) is 23.3 Å². The van der Waals surface area contributed by atoms with Gasteiger partial charge in [-0.25, -0.2) is 13.4 Å². The quantitative estimate of drug-likeness (QED) is 0.819. The first-order valence-electron chi connectivity index (χ1n) is 6.10. The lowest BCUT2D eigenvalue weighted by Gasteiger charge is -2.17. The summed E-state index contributed by atoms with van der Waals surface area (Å²) in [6.45, 7) is 0. The molecule has 2 unspecified atom stereocenters. The molecule has 112 valence electrons. The van der Waals surface area contributed by atoms with Crippen LogP contribution in [0.5, 0.6) is 0 Å². The van der Waals surface area contributed by atoms with Gasteiger partial charge >= 0.3 is 0 Å². The number of amidine groups is 1. The van der Waals surface area contributed by atoms with Crippen LogP contribution in [-0.4, -0.2) is 47.6 Å². The molecule has 5 nitrogen and oxygen atoms in total. The van der Waals surface area contributed by atoms with E-state index >= 15 is 0 Å². The van der Waals surface area contributed by atoms with E-state index in [2.05, 4.69) is 5.10 Å². The molecule has 0 spiro atoms. The van der Waals surface area contributed by atoms with Gasteiger partial charge in [0, 0.05) is 10.8 Å². The minimum absolute atomic E-state index is 0.0284. The zero-order chi connectivity index (χ0) is 15.2. The molecule has 0 aromatic heterocycles. The van der Waals surface area contributed by atoms with E-state index in [1.54, 1.807) is 18.2 Å². The van der Waals surface area contributed by atoms with Crippen LogP contribution in [0.25, 0.3) is 0 Å². The predicted octanol–water partition coefficient (Wildman–Crippen LogP) is 2.48. The average molecular weight is 364 g/mol. The van der Waals surface area contributed by atoms with Crippen molar-refractivity contribution < 1.29 is 8.42 Å². The number of hydrazone groups is 1. The smallest absolute Gasteiger partial charge is 0.177 e. The minimum atomic E-state index is -3.05. The summed E-state index contributed by atoms with van der Waals surface area (Å²) in [6, 6.07) is 4.84. The van der Waals surface area contributed by atoms with Crippen molar-refractivity contribution in [3.63, 3.8) is 0 Å². The van der Waals surface area contributed by atoms with Crippen molar-refractivity contribution >= 4 is 56.2 Å². The highest BCUT2D eigenvalue weighted by molar-refractivity contribution is 8.15. The molecule has 3 rings (SSSR count). The topological polar surface area (TPSA) is 73.6 Å². The molecular formula is C12H11Cl2N3O2S2. The average Bonchev–Trinajstić information content (AvgIpc) is 2.81. The third kappa shape index (κ3) is 2.92. The van der Waals surface area contributed by atoms with Crippen LogP contribution in [0.2, 0.25) is 10.0 Å². The van der Waals surface area contributed by atoms with Crippen LogP contribution < -0.4 is 0 Å². The minimum Gasteiger partial charge on any atom is -0.277 e. The van der Waals surface area contributed by atoms with Crippen LogP contribution in [0.4, 0.5) is 0 Å². The van der Waals surface area contributed by atoms with Gasteiger partial charge < -0.3 is 0 Å². The highest BCUT2D eigenvalue weighted by Gasteiger charge is 2.48. The fraction of sp³-hybridized carbons (Fsp3) is 0.333. The number of rotatable bonds is 2. The highest BCUT2D eigenvalue weighted by atomic mass is 35.5. The maximum atomic E-state index is 11.7. The number of benzene rings is 1. The first-order chi connectivity index (χ1) is 9.87. The van der Waals surface area contributed by atoms with E-state index in [0.717, 1.165) is 0 Å². The monoisotopic (exact) mass is 363 g/mol. The van der Waals surface area contributed by atoms with Gasteiger partial charge in [0.2, 0.25) is 0 Å². The van der Waals surface area contributed by atoms with Gasteiger partial charge in [-0.3, -0.25) is 5.41 Å². The lowest BCUT2D eigenvalue weighted by atomic mass is 10.2. The number of hydrogen-bond acceptors (Lipinski definition) is 5. The summed E-state index contributed by atoms with van der Waals surface area (Å²) >= 11 is 13.4. The Hall–Kier alpha value is -0.760. The number of fused-ring (bicyclic) bond motifs is 1. The van der Waals surface area contributed by atoms with Gasteiger partial charge in [-0.2, -0.15) is 5.10 Å². The van der Waals surface area contributed by atoms with Crippen LogP contribution in [0.1, 0.15) is 5.56 Å². The van der Waals surface area contributed by atoms with Crippen molar-refractivity contribution in [3.8, 4) is 0 Å². The highest BCUT2D eigenvalue weighted by Crippen LogP contribution is 2.37. The second-order valence-corrected chi connectivity index (χ2v) is 9.03.